The second-order valence-electron chi connectivity index (χ2n) is 7.64. The van der Waals surface area contributed by atoms with Crippen molar-refractivity contribution in [3.8, 4) is 0 Å². The molecule has 1 aliphatic heterocycles. The van der Waals surface area contributed by atoms with Gasteiger partial charge in [-0.25, -0.2) is 13.2 Å². The predicted octanol–water partition coefficient (Wildman–Crippen LogP) is 0.774. The van der Waals surface area contributed by atoms with E-state index in [0.29, 0.717) is 16.8 Å². The number of non-ortho nitro benzene ring substituents is 1. The highest BCUT2D eigenvalue weighted by atomic mass is 32.2. The lowest BCUT2D eigenvalue weighted by Gasteiger charge is -2.34. The fourth-order valence-electron chi connectivity index (χ4n) is 3.58. The number of ether oxygens (including phenoxy) is 1. The molecule has 0 radical (unpaired) electrons. The number of nitrogens with zero attached hydrogens (tertiary/aromatic N) is 5. The number of hydrogen-bond acceptors (Lipinski definition) is 9. The number of nitro groups is 1. The van der Waals surface area contributed by atoms with Crippen molar-refractivity contribution in [2.45, 2.75) is 20.4 Å². The van der Waals surface area contributed by atoms with Gasteiger partial charge in [-0.3, -0.25) is 19.7 Å². The topological polar surface area (TPSA) is 161 Å². The van der Waals surface area contributed by atoms with Crippen LogP contribution in [0.1, 0.15) is 13.8 Å². The minimum Gasteiger partial charge on any atom is -0.450 e. The smallest absolute Gasteiger partial charge is 0.409 e. The molecule has 1 aromatic heterocycles. The number of aromatic nitrogens is 1. The number of rotatable bonds is 7. The molecular weight excluding hydrogens is 502 g/mol. The quantitative estimate of drug-likeness (QED) is 0.377. The van der Waals surface area contributed by atoms with E-state index in [1.165, 1.54) is 21.9 Å². The van der Waals surface area contributed by atoms with E-state index in [9.17, 15) is 32.9 Å². The first-order valence-electron chi connectivity index (χ1n) is 10.8. The second kappa shape index (κ2) is 10.9. The summed E-state index contributed by atoms with van der Waals surface area (Å²) in [6, 6.07) is 4.26. The molecule has 35 heavy (non-hydrogen) atoms. The number of fused-ring (bicyclic) bond motifs is 1. The van der Waals surface area contributed by atoms with E-state index >= 15 is 0 Å². The van der Waals surface area contributed by atoms with Gasteiger partial charge < -0.3 is 19.1 Å². The molecule has 1 fully saturated rings. The van der Waals surface area contributed by atoms with E-state index in [4.69, 9.17) is 4.74 Å². The first-order valence-corrected chi connectivity index (χ1v) is 13.4. The number of amides is 3. The standard InChI is InChI=1S/C20H25N5O8S2/c1-3-24-15-6-5-14(25(29)30)11-16(15)34-19(24)21-17(26)12-35(31,32)13-18(27)22-7-9-23(10-8-22)20(28)33-4-2/h5-6,11H,3-4,7-10,12-13H2,1-2H3. The minimum atomic E-state index is -4.09. The lowest BCUT2D eigenvalue weighted by atomic mass is 10.3. The van der Waals surface area contributed by atoms with E-state index in [2.05, 4.69) is 4.99 Å². The maximum absolute atomic E-state index is 12.5. The Bertz CT molecular complexity index is 1320. The maximum Gasteiger partial charge on any atom is 0.409 e. The zero-order valence-electron chi connectivity index (χ0n) is 19.2. The molecule has 1 saturated heterocycles. The number of carbonyl (C=O) groups is 3. The molecule has 190 valence electrons. The van der Waals surface area contributed by atoms with Crippen molar-refractivity contribution in [3.63, 3.8) is 0 Å². The molecule has 0 N–H and O–H groups in total. The molecule has 0 unspecified atom stereocenters. The number of sulfone groups is 1. The van der Waals surface area contributed by atoms with Crippen molar-refractivity contribution in [1.29, 1.82) is 0 Å². The van der Waals surface area contributed by atoms with E-state index in [1.807, 2.05) is 0 Å². The van der Waals surface area contributed by atoms with Gasteiger partial charge in [0.2, 0.25) is 5.91 Å². The molecule has 0 spiro atoms. The van der Waals surface area contributed by atoms with Crippen molar-refractivity contribution >= 4 is 55.0 Å². The average Bonchev–Trinajstić information content (AvgIpc) is 3.14. The summed E-state index contributed by atoms with van der Waals surface area (Å²) in [6.07, 6.45) is -0.486. The lowest BCUT2D eigenvalue weighted by molar-refractivity contribution is -0.384. The normalized spacial score (nSPS) is 14.9. The van der Waals surface area contributed by atoms with Gasteiger partial charge in [-0.2, -0.15) is 4.99 Å². The summed E-state index contributed by atoms with van der Waals surface area (Å²) in [5, 5.41) is 11.0. The monoisotopic (exact) mass is 527 g/mol. The number of nitro benzene ring substituents is 1. The highest BCUT2D eigenvalue weighted by molar-refractivity contribution is 7.92. The number of benzene rings is 1. The number of thiazole rings is 1. The van der Waals surface area contributed by atoms with Crippen molar-refractivity contribution in [2.24, 2.45) is 4.99 Å². The summed E-state index contributed by atoms with van der Waals surface area (Å²) in [5.74, 6) is -3.38. The second-order valence-corrected chi connectivity index (χ2v) is 10.7. The Morgan fingerprint density at radius 1 is 1.11 bits per heavy atom. The zero-order valence-corrected chi connectivity index (χ0v) is 20.8. The highest BCUT2D eigenvalue weighted by Gasteiger charge is 2.28. The third-order valence-electron chi connectivity index (χ3n) is 5.26. The molecule has 0 aliphatic carbocycles. The molecule has 0 saturated carbocycles. The molecule has 0 atom stereocenters. The molecule has 0 bridgehead atoms. The Kier molecular flexibility index (Phi) is 8.22. The Morgan fingerprint density at radius 2 is 1.77 bits per heavy atom. The van der Waals surface area contributed by atoms with Gasteiger partial charge in [0.25, 0.3) is 11.6 Å². The zero-order chi connectivity index (χ0) is 25.8. The predicted molar refractivity (Wildman–Crippen MR) is 127 cm³/mol. The summed E-state index contributed by atoms with van der Waals surface area (Å²) < 4.78 is 32.1. The van der Waals surface area contributed by atoms with Crippen LogP contribution in [0.5, 0.6) is 0 Å². The number of hydrogen-bond donors (Lipinski definition) is 0. The minimum absolute atomic E-state index is 0.107. The van der Waals surface area contributed by atoms with Crippen LogP contribution in [0.15, 0.2) is 23.2 Å². The van der Waals surface area contributed by atoms with E-state index in [1.54, 1.807) is 24.5 Å². The molecule has 2 heterocycles. The van der Waals surface area contributed by atoms with Crippen LogP contribution >= 0.6 is 11.3 Å². The molecule has 3 amide bonds. The number of piperazine rings is 1. The molecule has 13 nitrogen and oxygen atoms in total. The number of aryl methyl sites for hydroxylation is 1. The summed E-state index contributed by atoms with van der Waals surface area (Å²) >= 11 is 1.04. The van der Waals surface area contributed by atoms with Gasteiger partial charge in [-0.15, -0.1) is 0 Å². The average molecular weight is 528 g/mol. The van der Waals surface area contributed by atoms with Crippen molar-refractivity contribution in [3.05, 3.63) is 33.1 Å². The van der Waals surface area contributed by atoms with Crippen molar-refractivity contribution < 1.29 is 32.5 Å². The molecule has 1 aliphatic rings. The first-order chi connectivity index (χ1) is 16.5. The van der Waals surface area contributed by atoms with E-state index in [-0.39, 0.29) is 43.3 Å². The Morgan fingerprint density at radius 3 is 2.37 bits per heavy atom. The molecule has 2 aromatic rings. The van der Waals surface area contributed by atoms with Crippen LogP contribution in [-0.2, 0) is 30.7 Å². The van der Waals surface area contributed by atoms with Gasteiger partial charge in [0.05, 0.1) is 21.7 Å². The van der Waals surface area contributed by atoms with E-state index in [0.717, 1.165) is 11.3 Å². The third-order valence-corrected chi connectivity index (χ3v) is 7.67. The fraction of sp³-hybridized carbons (Fsp3) is 0.500. The first kappa shape index (κ1) is 26.3. The van der Waals surface area contributed by atoms with Gasteiger partial charge in [-0.05, 0) is 19.9 Å². The molecule has 3 rings (SSSR count). The van der Waals surface area contributed by atoms with E-state index < -0.39 is 44.2 Å². The lowest BCUT2D eigenvalue weighted by Crippen LogP contribution is -2.52. The summed E-state index contributed by atoms with van der Waals surface area (Å²) in [6.45, 7) is 4.90. The van der Waals surface area contributed by atoms with Crippen LogP contribution in [0.2, 0.25) is 0 Å². The van der Waals surface area contributed by atoms with Gasteiger partial charge >= 0.3 is 6.09 Å². The van der Waals surface area contributed by atoms with Crippen LogP contribution < -0.4 is 4.80 Å². The van der Waals surface area contributed by atoms with Gasteiger partial charge in [-0.1, -0.05) is 11.3 Å². The van der Waals surface area contributed by atoms with Crippen LogP contribution in [0.25, 0.3) is 10.2 Å². The van der Waals surface area contributed by atoms with Crippen molar-refractivity contribution in [2.75, 3.05) is 44.3 Å². The highest BCUT2D eigenvalue weighted by Crippen LogP contribution is 2.23. The molecule has 1 aromatic carbocycles. The van der Waals surface area contributed by atoms with Gasteiger partial charge in [0.15, 0.2) is 14.6 Å². The van der Waals surface area contributed by atoms with Gasteiger partial charge in [0.1, 0.15) is 11.5 Å². The maximum atomic E-state index is 12.5. The number of carbonyl (C=O) groups excluding carboxylic acids is 3. The molecule has 15 heteroatoms. The largest absolute Gasteiger partial charge is 0.450 e. The Balaban J connectivity index is 1.67. The van der Waals surface area contributed by atoms with Crippen LogP contribution in [-0.4, -0.2) is 89.9 Å². The summed E-state index contributed by atoms with van der Waals surface area (Å²) in [4.78, 5) is 54.0. The van der Waals surface area contributed by atoms with Crippen molar-refractivity contribution in [1.82, 2.24) is 14.4 Å². The van der Waals surface area contributed by atoms with Crippen LogP contribution in [0.3, 0.4) is 0 Å². The fourth-order valence-corrected chi connectivity index (χ4v) is 5.82. The van der Waals surface area contributed by atoms with Crippen LogP contribution in [0, 0.1) is 10.1 Å². The third kappa shape index (κ3) is 6.42. The summed E-state index contributed by atoms with van der Waals surface area (Å²) in [7, 11) is -4.09. The Labute approximate surface area is 204 Å². The SMILES string of the molecule is CCOC(=O)N1CCN(C(=O)CS(=O)(=O)CC(=O)N=c2sc3cc([N+](=O)[O-])ccc3n2CC)CC1. The molecular formula is C20H25N5O8S2. The Hall–Kier alpha value is -3.33. The van der Waals surface area contributed by atoms with Gasteiger partial charge in [0, 0.05) is 44.9 Å². The summed E-state index contributed by atoms with van der Waals surface area (Å²) in [5.41, 5.74) is 0.527. The van der Waals surface area contributed by atoms with Crippen LogP contribution in [0.4, 0.5) is 10.5 Å².